The van der Waals surface area contributed by atoms with E-state index in [9.17, 15) is 19.7 Å². The van der Waals surface area contributed by atoms with Crippen molar-refractivity contribution >= 4 is 46.4 Å². The maximum Gasteiger partial charge on any atom is 0.269 e. The Bertz CT molecular complexity index is 902. The van der Waals surface area contributed by atoms with Crippen molar-refractivity contribution in [3.8, 4) is 5.75 Å². The number of carbonyl (C=O) groups is 2. The molecule has 1 heterocycles. The Labute approximate surface area is 157 Å². The van der Waals surface area contributed by atoms with Crippen LogP contribution >= 0.6 is 23.2 Å². The number of nitro benzene ring substituents is 1. The topological polar surface area (TPSA) is 111 Å². The Hall–Kier alpha value is -2.84. The van der Waals surface area contributed by atoms with E-state index in [1.54, 1.807) is 0 Å². The second-order valence-electron chi connectivity index (χ2n) is 5.36. The molecule has 0 radical (unpaired) electrons. The van der Waals surface area contributed by atoms with Gasteiger partial charge in [-0.15, -0.1) is 0 Å². The van der Waals surface area contributed by atoms with E-state index in [-0.39, 0.29) is 28.1 Å². The van der Waals surface area contributed by atoms with E-state index < -0.39 is 22.8 Å². The van der Waals surface area contributed by atoms with Gasteiger partial charge in [-0.3, -0.25) is 19.7 Å². The molecule has 2 N–H and O–H groups in total. The molecule has 10 heteroatoms. The van der Waals surface area contributed by atoms with Gasteiger partial charge in [0.15, 0.2) is 6.61 Å². The lowest BCUT2D eigenvalue weighted by Gasteiger charge is -2.18. The minimum Gasteiger partial charge on any atom is -0.482 e. The fraction of sp³-hybridized carbons (Fsp3) is 0.125. The maximum atomic E-state index is 12.7. The van der Waals surface area contributed by atoms with Gasteiger partial charge in [0, 0.05) is 23.4 Å². The second kappa shape index (κ2) is 7.19. The molecular formula is C16H11Cl2N3O5. The van der Waals surface area contributed by atoms with Crippen LogP contribution in [-0.4, -0.2) is 23.3 Å². The van der Waals surface area contributed by atoms with Crippen molar-refractivity contribution in [2.45, 2.75) is 6.04 Å². The molecule has 0 spiro atoms. The van der Waals surface area contributed by atoms with Crippen LogP contribution in [0.15, 0.2) is 36.4 Å². The Morgan fingerprint density at radius 2 is 1.92 bits per heavy atom. The molecule has 0 bridgehead atoms. The van der Waals surface area contributed by atoms with E-state index in [0.29, 0.717) is 11.3 Å². The predicted octanol–water partition coefficient (Wildman–Crippen LogP) is 3.09. The van der Waals surface area contributed by atoms with E-state index in [1.807, 2.05) is 0 Å². The van der Waals surface area contributed by atoms with Crippen LogP contribution in [0.25, 0.3) is 0 Å². The van der Waals surface area contributed by atoms with E-state index in [2.05, 4.69) is 10.6 Å². The molecule has 1 unspecified atom stereocenters. The molecule has 0 aliphatic carbocycles. The molecule has 2 aromatic carbocycles. The lowest BCUT2D eigenvalue weighted by molar-refractivity contribution is -0.384. The average Bonchev–Trinajstić information content (AvgIpc) is 2.78. The number of hydrogen-bond donors (Lipinski definition) is 2. The highest BCUT2D eigenvalue weighted by atomic mass is 35.5. The number of ether oxygens (including phenoxy) is 1. The summed E-state index contributed by atoms with van der Waals surface area (Å²) in [6.45, 7) is -0.311. The summed E-state index contributed by atoms with van der Waals surface area (Å²) >= 11 is 12.1. The average molecular weight is 396 g/mol. The summed E-state index contributed by atoms with van der Waals surface area (Å²) in [7, 11) is 0. The van der Waals surface area contributed by atoms with E-state index >= 15 is 0 Å². The second-order valence-corrected chi connectivity index (χ2v) is 6.15. The molecule has 134 valence electrons. The highest BCUT2D eigenvalue weighted by Gasteiger charge is 2.31. The molecule has 2 aromatic rings. The summed E-state index contributed by atoms with van der Waals surface area (Å²) in [6, 6.07) is 7.27. The van der Waals surface area contributed by atoms with Crippen LogP contribution in [0.4, 0.5) is 11.4 Å². The van der Waals surface area contributed by atoms with Crippen molar-refractivity contribution in [2.75, 3.05) is 11.9 Å². The van der Waals surface area contributed by atoms with E-state index in [1.165, 1.54) is 36.4 Å². The van der Waals surface area contributed by atoms with Gasteiger partial charge in [-0.25, -0.2) is 0 Å². The lowest BCUT2D eigenvalue weighted by atomic mass is 10.0. The number of anilines is 1. The van der Waals surface area contributed by atoms with Crippen molar-refractivity contribution in [1.29, 1.82) is 0 Å². The zero-order valence-corrected chi connectivity index (χ0v) is 14.5. The van der Waals surface area contributed by atoms with Crippen LogP contribution in [0, 0.1) is 10.1 Å². The molecular weight excluding hydrogens is 385 g/mol. The maximum absolute atomic E-state index is 12.7. The fourth-order valence-corrected chi connectivity index (χ4v) is 2.80. The van der Waals surface area contributed by atoms with Crippen LogP contribution in [0.3, 0.4) is 0 Å². The minimum atomic E-state index is -1.06. The molecule has 1 aliphatic heterocycles. The van der Waals surface area contributed by atoms with Crippen LogP contribution in [0.1, 0.15) is 11.6 Å². The number of nitrogens with zero attached hydrogens (tertiary/aromatic N) is 1. The van der Waals surface area contributed by atoms with Crippen molar-refractivity contribution in [3.63, 3.8) is 0 Å². The van der Waals surface area contributed by atoms with Crippen LogP contribution in [0.5, 0.6) is 5.75 Å². The highest BCUT2D eigenvalue weighted by Crippen LogP contribution is 2.39. The molecule has 1 atom stereocenters. The first-order valence-corrected chi connectivity index (χ1v) is 8.08. The molecule has 3 rings (SSSR count). The van der Waals surface area contributed by atoms with Crippen LogP contribution in [0.2, 0.25) is 10.0 Å². The van der Waals surface area contributed by atoms with Crippen LogP contribution in [-0.2, 0) is 9.59 Å². The molecule has 0 saturated carbocycles. The van der Waals surface area contributed by atoms with Gasteiger partial charge in [-0.1, -0.05) is 29.3 Å². The van der Waals surface area contributed by atoms with Crippen molar-refractivity contribution in [2.24, 2.45) is 0 Å². The van der Waals surface area contributed by atoms with Gasteiger partial charge in [0.05, 0.1) is 9.95 Å². The summed E-state index contributed by atoms with van der Waals surface area (Å²) in [5.41, 5.74) is 0.581. The normalized spacial score (nSPS) is 15.9. The largest absolute Gasteiger partial charge is 0.482 e. The first-order valence-electron chi connectivity index (χ1n) is 7.32. The van der Waals surface area contributed by atoms with Crippen molar-refractivity contribution in [3.05, 3.63) is 62.1 Å². The first-order chi connectivity index (χ1) is 12.4. The van der Waals surface area contributed by atoms with Gasteiger partial charge in [-0.2, -0.15) is 0 Å². The summed E-state index contributed by atoms with van der Waals surface area (Å²) in [4.78, 5) is 34.7. The summed E-state index contributed by atoms with van der Waals surface area (Å²) < 4.78 is 5.36. The molecule has 0 aromatic heterocycles. The molecule has 0 saturated heterocycles. The molecule has 26 heavy (non-hydrogen) atoms. The standard InChI is InChI=1S/C16H11Cl2N3O5/c17-11-6-5-10-14(20-12(22)7-26-15(10)13(11)18)16(23)19-8-1-3-9(4-2-8)21(24)25/h1-6,14H,7H2,(H,19,23)(H,20,22). The highest BCUT2D eigenvalue weighted by molar-refractivity contribution is 6.43. The zero-order chi connectivity index (χ0) is 18.8. The SMILES string of the molecule is O=C1COc2c(ccc(Cl)c2Cl)C(C(=O)Nc2ccc([N+](=O)[O-])cc2)N1. The molecule has 1 aliphatic rings. The van der Waals surface area contributed by atoms with Gasteiger partial charge < -0.3 is 15.4 Å². The zero-order valence-electron chi connectivity index (χ0n) is 13.0. The third kappa shape index (κ3) is 3.56. The Balaban J connectivity index is 1.89. The minimum absolute atomic E-state index is 0.105. The summed E-state index contributed by atoms with van der Waals surface area (Å²) in [6.07, 6.45) is 0. The van der Waals surface area contributed by atoms with Crippen molar-refractivity contribution in [1.82, 2.24) is 5.32 Å². The number of rotatable bonds is 3. The molecule has 8 nitrogen and oxygen atoms in total. The number of hydrogen-bond acceptors (Lipinski definition) is 5. The number of non-ortho nitro benzene ring substituents is 1. The molecule has 0 fully saturated rings. The smallest absolute Gasteiger partial charge is 0.269 e. The summed E-state index contributed by atoms with van der Waals surface area (Å²) in [5, 5.41) is 16.2. The lowest BCUT2D eigenvalue weighted by Crippen LogP contribution is -2.37. The van der Waals surface area contributed by atoms with Gasteiger partial charge in [-0.05, 0) is 18.2 Å². The van der Waals surface area contributed by atoms with Gasteiger partial charge in [0.25, 0.3) is 17.5 Å². The third-order valence-electron chi connectivity index (χ3n) is 3.65. The monoisotopic (exact) mass is 395 g/mol. The number of halogens is 2. The molecule has 2 amide bonds. The number of fused-ring (bicyclic) bond motifs is 1. The van der Waals surface area contributed by atoms with Gasteiger partial charge in [0.1, 0.15) is 16.8 Å². The van der Waals surface area contributed by atoms with Crippen LogP contribution < -0.4 is 15.4 Å². The Morgan fingerprint density at radius 1 is 1.23 bits per heavy atom. The Morgan fingerprint density at radius 3 is 2.58 bits per heavy atom. The number of nitro groups is 1. The number of nitrogens with one attached hydrogen (secondary N) is 2. The quantitative estimate of drug-likeness (QED) is 0.612. The van der Waals surface area contributed by atoms with Gasteiger partial charge in [0.2, 0.25) is 0 Å². The van der Waals surface area contributed by atoms with Crippen molar-refractivity contribution < 1.29 is 19.2 Å². The predicted molar refractivity (Wildman–Crippen MR) is 94.6 cm³/mol. The number of carbonyl (C=O) groups excluding carboxylic acids is 2. The van der Waals surface area contributed by atoms with E-state index in [0.717, 1.165) is 0 Å². The van der Waals surface area contributed by atoms with Gasteiger partial charge >= 0.3 is 0 Å². The summed E-state index contributed by atoms with van der Waals surface area (Å²) in [5.74, 6) is -0.907. The van der Waals surface area contributed by atoms with E-state index in [4.69, 9.17) is 27.9 Å². The fourth-order valence-electron chi connectivity index (χ4n) is 2.43. The number of amides is 2. The first kappa shape index (κ1) is 18.0. The number of benzene rings is 2. The Kier molecular flexibility index (Phi) is 4.97. The third-order valence-corrected chi connectivity index (χ3v) is 4.44.